The zero-order valence-corrected chi connectivity index (χ0v) is 16.3. The summed E-state index contributed by atoms with van der Waals surface area (Å²) < 4.78 is 26.1. The first kappa shape index (κ1) is 20.3. The number of rotatable bonds is 4. The van der Waals surface area contributed by atoms with Gasteiger partial charge in [-0.1, -0.05) is 0 Å². The number of hydrogen-bond acceptors (Lipinski definition) is 7. The summed E-state index contributed by atoms with van der Waals surface area (Å²) in [4.78, 5) is 27.3. The Labute approximate surface area is 156 Å². The molecule has 0 aliphatic rings. The lowest BCUT2D eigenvalue weighted by Gasteiger charge is -2.17. The minimum Gasteiger partial charge on any atom is -0.636 e. The van der Waals surface area contributed by atoms with E-state index in [-0.39, 0.29) is 5.69 Å². The maximum atomic E-state index is 12.5. The van der Waals surface area contributed by atoms with Gasteiger partial charge < -0.3 is 15.0 Å². The average molecular weight is 396 g/mol. The van der Waals surface area contributed by atoms with E-state index in [4.69, 9.17) is 0 Å². The van der Waals surface area contributed by atoms with Crippen molar-refractivity contribution < 1.29 is 22.6 Å². The Morgan fingerprint density at radius 1 is 1.15 bits per heavy atom. The molecule has 11 nitrogen and oxygen atoms in total. The predicted molar refractivity (Wildman–Crippen MR) is 95.4 cm³/mol. The van der Waals surface area contributed by atoms with E-state index in [9.17, 15) is 23.2 Å². The topological polar surface area (TPSA) is 123 Å². The molecular weight excluding hydrogens is 376 g/mol. The van der Waals surface area contributed by atoms with E-state index in [1.54, 1.807) is 31.1 Å². The van der Waals surface area contributed by atoms with Gasteiger partial charge in [0.15, 0.2) is 0 Å². The van der Waals surface area contributed by atoms with Gasteiger partial charge in [0.2, 0.25) is 5.03 Å². The zero-order chi connectivity index (χ0) is 20.5. The van der Waals surface area contributed by atoms with Crippen molar-refractivity contribution in [3.63, 3.8) is 0 Å². The van der Waals surface area contributed by atoms with Crippen LogP contribution in [0.3, 0.4) is 0 Å². The number of anilines is 1. The Kier molecular flexibility index (Phi) is 5.51. The number of aromatic nitrogens is 3. The minimum atomic E-state index is -4.78. The molecule has 2 aromatic heterocycles. The number of sulfonamides is 1. The third-order valence-electron chi connectivity index (χ3n) is 3.67. The zero-order valence-electron chi connectivity index (χ0n) is 15.5. The molecule has 0 saturated carbocycles. The van der Waals surface area contributed by atoms with Crippen LogP contribution < -0.4 is 9.47 Å². The lowest BCUT2D eigenvalue weighted by atomic mass is 10.4. The van der Waals surface area contributed by atoms with E-state index < -0.39 is 31.5 Å². The molecule has 2 heterocycles. The number of amides is 2. The van der Waals surface area contributed by atoms with E-state index in [0.29, 0.717) is 0 Å². The third-order valence-corrected chi connectivity index (χ3v) is 4.99. The molecule has 0 radical (unpaired) electrons. The molecular formula is C15H20N6O5S. The maximum Gasteiger partial charge on any atom is 0.509 e. The molecule has 146 valence electrons. The molecule has 0 fully saturated rings. The van der Waals surface area contributed by atoms with Crippen molar-refractivity contribution in [3.8, 4) is 0 Å². The van der Waals surface area contributed by atoms with Gasteiger partial charge in [-0.05, 0) is 0 Å². The van der Waals surface area contributed by atoms with Gasteiger partial charge in [0, 0.05) is 59.1 Å². The van der Waals surface area contributed by atoms with Gasteiger partial charge in [-0.15, -0.1) is 0 Å². The van der Waals surface area contributed by atoms with E-state index >= 15 is 0 Å². The fourth-order valence-electron chi connectivity index (χ4n) is 2.12. The Bertz CT molecular complexity index is 965. The van der Waals surface area contributed by atoms with Crippen LogP contribution in [-0.2, 0) is 17.1 Å². The van der Waals surface area contributed by atoms with E-state index in [2.05, 4.69) is 5.10 Å². The van der Waals surface area contributed by atoms with Crippen LogP contribution in [0, 0.1) is 5.21 Å². The molecule has 12 heteroatoms. The summed E-state index contributed by atoms with van der Waals surface area (Å²) in [5.74, 6) is -0.496. The summed E-state index contributed by atoms with van der Waals surface area (Å²) in [6.07, 6.45) is 2.55. The molecule has 2 rings (SSSR count). The molecule has 0 saturated heterocycles. The van der Waals surface area contributed by atoms with E-state index in [1.165, 1.54) is 38.4 Å². The normalized spacial score (nSPS) is 11.2. The average Bonchev–Trinajstić information content (AvgIpc) is 3.02. The number of pyridine rings is 1. The van der Waals surface area contributed by atoms with Crippen LogP contribution in [-0.4, -0.2) is 67.7 Å². The molecule has 2 amide bonds. The molecule has 0 bridgehead atoms. The Morgan fingerprint density at radius 3 is 2.19 bits per heavy atom. The largest absolute Gasteiger partial charge is 0.636 e. The molecule has 0 aromatic carbocycles. The number of hydrogen-bond donors (Lipinski definition) is 0. The van der Waals surface area contributed by atoms with Gasteiger partial charge in [-0.2, -0.15) is 27.3 Å². The van der Waals surface area contributed by atoms with Crippen LogP contribution in [0.4, 0.5) is 10.5 Å². The van der Waals surface area contributed by atoms with Gasteiger partial charge >= 0.3 is 16.1 Å². The highest BCUT2D eigenvalue weighted by atomic mass is 32.2. The number of aryl methyl sites for hydroxylation is 1. The van der Waals surface area contributed by atoms with Crippen LogP contribution in [0.5, 0.6) is 0 Å². The first-order valence-corrected chi connectivity index (χ1v) is 9.12. The Balaban J connectivity index is 2.34. The highest BCUT2D eigenvalue weighted by molar-refractivity contribution is 7.89. The number of hydroxylamine groups is 1. The summed E-state index contributed by atoms with van der Waals surface area (Å²) in [5, 5.41) is 15.2. The smallest absolute Gasteiger partial charge is 0.509 e. The van der Waals surface area contributed by atoms with Crippen molar-refractivity contribution in [2.45, 2.75) is 5.03 Å². The van der Waals surface area contributed by atoms with Gasteiger partial charge in [-0.3, -0.25) is 9.48 Å². The summed E-state index contributed by atoms with van der Waals surface area (Å²) in [6.45, 7) is 0. The SMILES string of the molecule is CN(C)C(=O)c1cc(S(=O)(=O)N([O-])C(=O)[n+]2ccc(N(C)C)cc2)nn1C. The summed E-state index contributed by atoms with van der Waals surface area (Å²) >= 11 is 0. The second-order valence-corrected chi connectivity index (χ2v) is 7.76. The molecule has 27 heavy (non-hydrogen) atoms. The fraction of sp³-hybridized carbons (Fsp3) is 0.333. The molecule has 0 aliphatic carbocycles. The highest BCUT2D eigenvalue weighted by Gasteiger charge is 2.35. The number of carbonyl (C=O) groups is 2. The summed E-state index contributed by atoms with van der Waals surface area (Å²) in [7, 11) is 3.14. The first-order chi connectivity index (χ1) is 12.5. The van der Waals surface area contributed by atoms with Crippen molar-refractivity contribution >= 4 is 27.6 Å². The first-order valence-electron chi connectivity index (χ1n) is 7.68. The van der Waals surface area contributed by atoms with Gasteiger partial charge in [0.25, 0.3) is 5.91 Å². The van der Waals surface area contributed by atoms with Gasteiger partial charge in [-0.25, -0.2) is 0 Å². The van der Waals surface area contributed by atoms with Crippen LogP contribution in [0.25, 0.3) is 0 Å². The Hall–Kier alpha value is -2.99. The van der Waals surface area contributed by atoms with Crippen molar-refractivity contribution in [3.05, 3.63) is 41.5 Å². The van der Waals surface area contributed by atoms with E-state index in [0.717, 1.165) is 21.0 Å². The van der Waals surface area contributed by atoms with Gasteiger partial charge in [0.1, 0.15) is 18.1 Å². The number of nitrogens with zero attached hydrogens (tertiary/aromatic N) is 6. The van der Waals surface area contributed by atoms with Crippen molar-refractivity contribution in [2.75, 3.05) is 33.1 Å². The number of carbonyl (C=O) groups excluding carboxylic acids is 2. The van der Waals surface area contributed by atoms with Crippen molar-refractivity contribution in [1.82, 2.24) is 19.1 Å². The van der Waals surface area contributed by atoms with Crippen LogP contribution >= 0.6 is 0 Å². The lowest BCUT2D eigenvalue weighted by molar-refractivity contribution is -0.575. The summed E-state index contributed by atoms with van der Waals surface area (Å²) in [5.41, 5.74) is 0.721. The highest BCUT2D eigenvalue weighted by Crippen LogP contribution is 2.16. The molecule has 0 aliphatic heterocycles. The van der Waals surface area contributed by atoms with Crippen LogP contribution in [0.1, 0.15) is 10.5 Å². The van der Waals surface area contributed by atoms with Crippen molar-refractivity contribution in [1.29, 1.82) is 0 Å². The molecule has 0 atom stereocenters. The second-order valence-electron chi connectivity index (χ2n) is 6.06. The molecule has 0 unspecified atom stereocenters. The van der Waals surface area contributed by atoms with Crippen molar-refractivity contribution in [2.24, 2.45) is 7.05 Å². The maximum absolute atomic E-state index is 12.5. The molecule has 2 aromatic rings. The van der Waals surface area contributed by atoms with Crippen LogP contribution in [0.2, 0.25) is 0 Å². The standard InChI is InChI=1S/C15H20N6O5S/c1-17(2)11-6-8-20(9-7-11)15(23)21(24)27(25,26)13-10-12(19(5)16-13)14(22)18(3)4/h6-10H,1-5H3. The van der Waals surface area contributed by atoms with E-state index in [1.807, 2.05) is 0 Å². The lowest BCUT2D eigenvalue weighted by Crippen LogP contribution is -2.51. The quantitative estimate of drug-likeness (QED) is 0.510. The second kappa shape index (κ2) is 7.32. The van der Waals surface area contributed by atoms with Gasteiger partial charge in [0.05, 0.1) is 0 Å². The fourth-order valence-corrected chi connectivity index (χ4v) is 3.08. The minimum absolute atomic E-state index is 0.0394. The monoisotopic (exact) mass is 396 g/mol. The molecule has 0 N–H and O–H groups in total. The third kappa shape index (κ3) is 3.90. The predicted octanol–water partition coefficient (Wildman–Crippen LogP) is -0.368. The molecule has 0 spiro atoms. The van der Waals surface area contributed by atoms with Crippen LogP contribution in [0.15, 0.2) is 35.6 Å². The summed E-state index contributed by atoms with van der Waals surface area (Å²) in [6, 6.07) is 2.72. The Morgan fingerprint density at radius 2 is 1.70 bits per heavy atom.